The third-order valence-electron chi connectivity index (χ3n) is 15.3. The fraction of sp³-hybridized carbons (Fsp3) is 0.956. The van der Waals surface area contributed by atoms with Gasteiger partial charge >= 0.3 is 5.97 Å². The van der Waals surface area contributed by atoms with Crippen molar-refractivity contribution in [3.8, 4) is 0 Å². The Bertz CT molecular complexity index is 1470. The van der Waals surface area contributed by atoms with Gasteiger partial charge in [0.15, 0.2) is 12.6 Å². The van der Waals surface area contributed by atoms with Crippen molar-refractivity contribution in [1.29, 1.82) is 0 Å². The molecule has 1 aliphatic carbocycles. The van der Waals surface area contributed by atoms with Gasteiger partial charge in [-0.1, -0.05) is 27.7 Å². The third kappa shape index (κ3) is 10.5. The summed E-state index contributed by atoms with van der Waals surface area (Å²) in [6.07, 6.45) is -6.48. The summed E-state index contributed by atoms with van der Waals surface area (Å²) < 4.78 is 45.7. The number of piperazine rings is 1. The monoisotopic (exact) mass is 871 g/mol. The lowest BCUT2D eigenvalue weighted by molar-refractivity contribution is -0.314. The Morgan fingerprint density at radius 3 is 2.02 bits per heavy atom. The number of nitrogens with zero attached hydrogens (tertiary/aromatic N) is 4. The topological polar surface area (TPSA) is 172 Å². The number of hydrogen-bond acceptors (Lipinski definition) is 16. The van der Waals surface area contributed by atoms with Crippen LogP contribution in [0.15, 0.2) is 0 Å². The number of Topliss-reactive ketones (excluding diaryl/α,β-unsaturated/α-hetero) is 1. The van der Waals surface area contributed by atoms with Crippen LogP contribution in [0.4, 0.5) is 0 Å². The number of carbonyl (C=O) groups excluding carboxylic acids is 2. The van der Waals surface area contributed by atoms with Crippen molar-refractivity contribution in [3.05, 3.63) is 0 Å². The molecule has 354 valence electrons. The molecule has 5 aliphatic rings. The molecule has 16 heteroatoms. The number of rotatable bonds is 11. The SMILES string of the molecule is CO[C@]1(C)C[C@H](O[C@H]2[C@H](C)[C@@H](O[C@@H]3O[C@H](C)C[C@@H](N4CCN(CCN(C)C)CC4)[C@@H]3N(C)C)[C@@](C)(OC)C[C@@H](C)C(=O)[C@H](C)[C@@H](O)[C@@]3(O)C(C)[C@H]3OC(=O)[C@@H]2C)O[C@@H](C)[C@@H]1O. The Hall–Kier alpha value is -1.38. The van der Waals surface area contributed by atoms with Crippen molar-refractivity contribution in [2.24, 2.45) is 29.6 Å². The van der Waals surface area contributed by atoms with Gasteiger partial charge in [-0.25, -0.2) is 0 Å². The van der Waals surface area contributed by atoms with Crippen molar-refractivity contribution in [2.75, 3.05) is 81.7 Å². The normalized spacial score (nSPS) is 47.5. The molecule has 4 saturated heterocycles. The summed E-state index contributed by atoms with van der Waals surface area (Å²) in [4.78, 5) is 38.1. The van der Waals surface area contributed by atoms with Crippen molar-refractivity contribution in [1.82, 2.24) is 19.6 Å². The molecule has 4 heterocycles. The quantitative estimate of drug-likeness (QED) is 0.257. The Balaban J connectivity index is 1.56. The van der Waals surface area contributed by atoms with E-state index < -0.39 is 102 Å². The van der Waals surface area contributed by atoms with Gasteiger partial charge < -0.3 is 58.3 Å². The number of aliphatic hydroxyl groups excluding tert-OH is 2. The summed E-state index contributed by atoms with van der Waals surface area (Å²) in [5, 5.41) is 34.3. The van der Waals surface area contributed by atoms with Gasteiger partial charge in [-0.2, -0.15) is 0 Å². The van der Waals surface area contributed by atoms with Crippen LogP contribution in [0.3, 0.4) is 0 Å². The lowest BCUT2D eigenvalue weighted by Crippen LogP contribution is -2.65. The number of ketones is 1. The van der Waals surface area contributed by atoms with Crippen molar-refractivity contribution < 1.29 is 58.1 Å². The van der Waals surface area contributed by atoms with Crippen LogP contribution in [0.2, 0.25) is 0 Å². The molecular formula is C45H82N4O12. The Labute approximate surface area is 365 Å². The maximum Gasteiger partial charge on any atom is 0.311 e. The number of carbonyl (C=O) groups is 2. The van der Waals surface area contributed by atoms with E-state index >= 15 is 0 Å². The number of likely N-dealkylation sites (N-methyl/N-ethyl adjacent to an activating group) is 2. The molecule has 0 spiro atoms. The standard InChI is InChI=1S/C45H82N4O12/c1-25-23-44(9,56-15)39(61-42-34(47(12)13)32(22-26(2)57-42)49-20-18-48(19-21-49)17-16-46(10)11)28(4)36(59-33-24-43(8,55-14)38(52)31(7)58-33)29(5)41(53)60-40-30(6)45(40,54)37(51)27(3)35(25)50/h25-34,36-40,42,51-52,54H,16-24H2,1-15H3/t25-,26-,27+,28+,29-,30?,31+,32-,33+,34+,36+,37-,38+,39-,40-,42+,43-,44+,45+/m1/s1. The second-order valence-corrected chi connectivity index (χ2v) is 20.3. The largest absolute Gasteiger partial charge is 0.458 e. The highest BCUT2D eigenvalue weighted by Gasteiger charge is 2.70. The van der Waals surface area contributed by atoms with Crippen LogP contribution in [0.5, 0.6) is 0 Å². The minimum Gasteiger partial charge on any atom is -0.458 e. The van der Waals surface area contributed by atoms with Gasteiger partial charge in [0, 0.05) is 89.6 Å². The van der Waals surface area contributed by atoms with E-state index in [4.69, 9.17) is 33.2 Å². The zero-order chi connectivity index (χ0) is 45.5. The number of fused-ring (bicyclic) bond motifs is 1. The van der Waals surface area contributed by atoms with E-state index in [-0.39, 0.29) is 36.8 Å². The maximum atomic E-state index is 14.4. The maximum absolute atomic E-state index is 14.4. The molecule has 4 aliphatic heterocycles. The first kappa shape index (κ1) is 50.6. The van der Waals surface area contributed by atoms with E-state index in [2.05, 4.69) is 40.6 Å². The molecule has 19 atom stereocenters. The molecule has 5 rings (SSSR count). The highest BCUT2D eigenvalue weighted by Crippen LogP contribution is 2.52. The molecule has 16 nitrogen and oxygen atoms in total. The van der Waals surface area contributed by atoms with Crippen molar-refractivity contribution in [3.63, 3.8) is 0 Å². The lowest BCUT2D eigenvalue weighted by Gasteiger charge is -2.52. The molecule has 3 N–H and O–H groups in total. The molecule has 0 amide bonds. The van der Waals surface area contributed by atoms with Gasteiger partial charge in [0.05, 0.1) is 53.7 Å². The van der Waals surface area contributed by atoms with E-state index in [0.29, 0.717) is 0 Å². The van der Waals surface area contributed by atoms with Crippen LogP contribution in [-0.2, 0) is 42.7 Å². The number of aliphatic hydroxyl groups is 3. The van der Waals surface area contributed by atoms with Gasteiger partial charge in [0.1, 0.15) is 23.6 Å². The molecule has 1 unspecified atom stereocenters. The molecule has 0 radical (unpaired) electrons. The van der Waals surface area contributed by atoms with Gasteiger partial charge in [0.25, 0.3) is 0 Å². The molecule has 5 fully saturated rings. The van der Waals surface area contributed by atoms with Crippen molar-refractivity contribution in [2.45, 2.75) is 166 Å². The predicted octanol–water partition coefficient (Wildman–Crippen LogP) is 1.85. The second-order valence-electron chi connectivity index (χ2n) is 20.3. The van der Waals surface area contributed by atoms with Crippen LogP contribution < -0.4 is 0 Å². The summed E-state index contributed by atoms with van der Waals surface area (Å²) in [5.74, 6) is -4.66. The molecule has 0 aromatic carbocycles. The average Bonchev–Trinajstić information content (AvgIpc) is 3.74. The van der Waals surface area contributed by atoms with Crippen LogP contribution >= 0.6 is 0 Å². The van der Waals surface area contributed by atoms with Crippen LogP contribution in [0, 0.1) is 29.6 Å². The molecule has 61 heavy (non-hydrogen) atoms. The van der Waals surface area contributed by atoms with E-state index in [1.807, 2.05) is 34.9 Å². The Morgan fingerprint density at radius 1 is 0.820 bits per heavy atom. The van der Waals surface area contributed by atoms with Gasteiger partial charge in [-0.05, 0) is 75.7 Å². The minimum absolute atomic E-state index is 0.112. The van der Waals surface area contributed by atoms with Crippen LogP contribution in [0.25, 0.3) is 0 Å². The van der Waals surface area contributed by atoms with E-state index in [0.717, 1.165) is 45.7 Å². The molecule has 0 bridgehead atoms. The average molecular weight is 871 g/mol. The molecule has 0 aromatic rings. The van der Waals surface area contributed by atoms with E-state index in [1.165, 1.54) is 7.11 Å². The summed E-state index contributed by atoms with van der Waals surface area (Å²) in [6, 6.07) is -0.0805. The zero-order valence-electron chi connectivity index (χ0n) is 39.9. The van der Waals surface area contributed by atoms with E-state index in [9.17, 15) is 24.9 Å². The number of hydrogen-bond donors (Lipinski definition) is 3. The Morgan fingerprint density at radius 2 is 1.44 bits per heavy atom. The summed E-state index contributed by atoms with van der Waals surface area (Å²) in [7, 11) is 11.4. The molecular weight excluding hydrogens is 789 g/mol. The second kappa shape index (κ2) is 20.0. The zero-order valence-corrected chi connectivity index (χ0v) is 39.9. The predicted molar refractivity (Wildman–Crippen MR) is 229 cm³/mol. The van der Waals surface area contributed by atoms with Gasteiger partial charge in [-0.3, -0.25) is 19.4 Å². The number of ether oxygens (including phenoxy) is 7. The first-order chi connectivity index (χ1) is 28.4. The van der Waals surface area contributed by atoms with Gasteiger partial charge in [-0.15, -0.1) is 0 Å². The van der Waals surface area contributed by atoms with E-state index in [1.54, 1.807) is 41.7 Å². The lowest BCUT2D eigenvalue weighted by atomic mass is 9.75. The Kier molecular flexibility index (Phi) is 16.6. The smallest absolute Gasteiger partial charge is 0.311 e. The first-order valence-electron chi connectivity index (χ1n) is 22.8. The first-order valence-corrected chi connectivity index (χ1v) is 22.8. The van der Waals surface area contributed by atoms with Crippen molar-refractivity contribution >= 4 is 11.8 Å². The van der Waals surface area contributed by atoms with Crippen LogP contribution in [-0.4, -0.2) is 213 Å². The summed E-state index contributed by atoms with van der Waals surface area (Å²) in [5.41, 5.74) is -3.97. The highest BCUT2D eigenvalue weighted by atomic mass is 16.7. The molecule has 1 saturated carbocycles. The fourth-order valence-electron chi connectivity index (χ4n) is 10.9. The van der Waals surface area contributed by atoms with Gasteiger partial charge in [0.2, 0.25) is 0 Å². The molecule has 0 aromatic heterocycles. The number of esters is 1. The van der Waals surface area contributed by atoms with Crippen LogP contribution in [0.1, 0.15) is 81.6 Å². The fourth-order valence-corrected chi connectivity index (χ4v) is 10.9. The minimum atomic E-state index is -1.80. The third-order valence-corrected chi connectivity index (χ3v) is 15.3. The summed E-state index contributed by atoms with van der Waals surface area (Å²) >= 11 is 0. The highest BCUT2D eigenvalue weighted by molar-refractivity contribution is 5.84. The number of methoxy groups -OCH3 is 2. The summed E-state index contributed by atoms with van der Waals surface area (Å²) in [6.45, 7) is 22.2.